The maximum absolute atomic E-state index is 12.4. The topological polar surface area (TPSA) is 67.4 Å². The number of para-hydroxylation sites is 1. The lowest BCUT2D eigenvalue weighted by Gasteiger charge is -2.11. The quantitative estimate of drug-likeness (QED) is 0.768. The van der Waals surface area contributed by atoms with Crippen molar-refractivity contribution in [2.75, 3.05) is 18.5 Å². The van der Waals surface area contributed by atoms with E-state index < -0.39 is 0 Å². The molecule has 2 aromatic carbocycles. The molecule has 0 aliphatic rings. The molecule has 5 nitrogen and oxygen atoms in total. The smallest absolute Gasteiger partial charge is 0.255 e. The summed E-state index contributed by atoms with van der Waals surface area (Å²) >= 11 is 0. The first-order valence-corrected chi connectivity index (χ1v) is 7.68. The Balaban J connectivity index is 2.12. The third kappa shape index (κ3) is 4.46. The van der Waals surface area contributed by atoms with E-state index >= 15 is 0 Å². The summed E-state index contributed by atoms with van der Waals surface area (Å²) in [5, 5.41) is 5.50. The lowest BCUT2D eigenvalue weighted by atomic mass is 10.1. The third-order valence-corrected chi connectivity index (χ3v) is 3.24. The minimum absolute atomic E-state index is 0.221. The van der Waals surface area contributed by atoms with E-state index in [0.29, 0.717) is 35.7 Å². The van der Waals surface area contributed by atoms with Crippen molar-refractivity contribution in [2.24, 2.45) is 0 Å². The van der Waals surface area contributed by atoms with E-state index in [0.717, 1.165) is 0 Å². The van der Waals surface area contributed by atoms with E-state index in [4.69, 9.17) is 4.74 Å². The largest absolute Gasteiger partial charge is 0.490 e. The Morgan fingerprint density at radius 1 is 1.08 bits per heavy atom. The average molecular weight is 324 g/mol. The zero-order valence-corrected chi connectivity index (χ0v) is 13.5. The molecule has 24 heavy (non-hydrogen) atoms. The second-order valence-electron chi connectivity index (χ2n) is 4.98. The Morgan fingerprint density at radius 3 is 2.46 bits per heavy atom. The standard InChI is InChI=1S/C19H20N2O3/c1-3-13-24-15-11-9-14(10-12-15)18(22)21-17-8-6-5-7-16(17)19(23)20-4-2/h3,5-12H,1,4,13H2,2H3,(H,20,23)(H,21,22). The van der Waals surface area contributed by atoms with Gasteiger partial charge in [-0.25, -0.2) is 0 Å². The van der Waals surface area contributed by atoms with Crippen LogP contribution in [-0.4, -0.2) is 25.0 Å². The minimum Gasteiger partial charge on any atom is -0.490 e. The molecule has 0 saturated heterocycles. The molecule has 0 aromatic heterocycles. The highest BCUT2D eigenvalue weighted by Gasteiger charge is 2.13. The highest BCUT2D eigenvalue weighted by atomic mass is 16.5. The van der Waals surface area contributed by atoms with Crippen molar-refractivity contribution in [2.45, 2.75) is 6.92 Å². The summed E-state index contributed by atoms with van der Waals surface area (Å²) in [6.45, 7) is 6.35. The van der Waals surface area contributed by atoms with Crippen molar-refractivity contribution in [1.29, 1.82) is 0 Å². The van der Waals surface area contributed by atoms with E-state index in [1.165, 1.54) is 0 Å². The fourth-order valence-electron chi connectivity index (χ4n) is 2.10. The van der Waals surface area contributed by atoms with Crippen LogP contribution < -0.4 is 15.4 Å². The summed E-state index contributed by atoms with van der Waals surface area (Å²) in [5.74, 6) is 0.151. The first-order chi connectivity index (χ1) is 11.7. The zero-order valence-electron chi connectivity index (χ0n) is 13.5. The van der Waals surface area contributed by atoms with Crippen molar-refractivity contribution in [3.8, 4) is 5.75 Å². The molecule has 0 heterocycles. The van der Waals surface area contributed by atoms with Crippen molar-refractivity contribution in [1.82, 2.24) is 5.32 Å². The number of carbonyl (C=O) groups excluding carboxylic acids is 2. The molecule has 5 heteroatoms. The summed E-state index contributed by atoms with van der Waals surface area (Å²) in [7, 11) is 0. The van der Waals surface area contributed by atoms with E-state index in [-0.39, 0.29) is 11.8 Å². The van der Waals surface area contributed by atoms with Gasteiger partial charge in [-0.15, -0.1) is 0 Å². The first kappa shape index (κ1) is 17.3. The molecular formula is C19H20N2O3. The molecule has 0 unspecified atom stereocenters. The number of amides is 2. The van der Waals surface area contributed by atoms with Gasteiger partial charge in [-0.3, -0.25) is 9.59 Å². The van der Waals surface area contributed by atoms with Crippen molar-refractivity contribution < 1.29 is 14.3 Å². The van der Waals surface area contributed by atoms with Gasteiger partial charge in [0.15, 0.2) is 0 Å². The number of nitrogens with one attached hydrogen (secondary N) is 2. The summed E-state index contributed by atoms with van der Waals surface area (Å²) in [5.41, 5.74) is 1.38. The van der Waals surface area contributed by atoms with Crippen LogP contribution in [0.3, 0.4) is 0 Å². The van der Waals surface area contributed by atoms with Crippen molar-refractivity contribution in [3.63, 3.8) is 0 Å². The molecule has 0 bridgehead atoms. The lowest BCUT2D eigenvalue weighted by Crippen LogP contribution is -2.24. The van der Waals surface area contributed by atoms with E-state index in [1.807, 2.05) is 6.92 Å². The number of anilines is 1. The average Bonchev–Trinajstić information content (AvgIpc) is 2.61. The molecule has 2 aromatic rings. The minimum atomic E-state index is -0.290. The number of benzene rings is 2. The molecule has 0 fully saturated rings. The van der Waals surface area contributed by atoms with Gasteiger partial charge in [-0.05, 0) is 43.3 Å². The van der Waals surface area contributed by atoms with Gasteiger partial charge in [0.1, 0.15) is 12.4 Å². The zero-order chi connectivity index (χ0) is 17.4. The molecule has 0 aliphatic heterocycles. The molecule has 0 spiro atoms. The maximum atomic E-state index is 12.4. The van der Waals surface area contributed by atoms with E-state index in [1.54, 1.807) is 54.6 Å². The molecule has 2 rings (SSSR count). The van der Waals surface area contributed by atoms with Gasteiger partial charge in [0.2, 0.25) is 0 Å². The number of hydrogen-bond donors (Lipinski definition) is 2. The summed E-state index contributed by atoms with van der Waals surface area (Å²) in [4.78, 5) is 24.4. The van der Waals surface area contributed by atoms with Gasteiger partial charge < -0.3 is 15.4 Å². The number of hydrogen-bond acceptors (Lipinski definition) is 3. The molecule has 0 aliphatic carbocycles. The third-order valence-electron chi connectivity index (χ3n) is 3.24. The van der Waals surface area contributed by atoms with Crippen molar-refractivity contribution in [3.05, 3.63) is 72.3 Å². The Hall–Kier alpha value is -3.08. The van der Waals surface area contributed by atoms with Crippen LogP contribution in [0, 0.1) is 0 Å². The second-order valence-corrected chi connectivity index (χ2v) is 4.98. The predicted octanol–water partition coefficient (Wildman–Crippen LogP) is 3.25. The Bertz CT molecular complexity index is 724. The number of carbonyl (C=O) groups is 2. The normalized spacial score (nSPS) is 9.88. The highest BCUT2D eigenvalue weighted by Crippen LogP contribution is 2.18. The van der Waals surface area contributed by atoms with Gasteiger partial charge >= 0.3 is 0 Å². The first-order valence-electron chi connectivity index (χ1n) is 7.68. The van der Waals surface area contributed by atoms with Gasteiger partial charge in [0.05, 0.1) is 11.3 Å². The van der Waals surface area contributed by atoms with Crippen LogP contribution in [0.1, 0.15) is 27.6 Å². The summed E-state index contributed by atoms with van der Waals surface area (Å²) < 4.78 is 5.38. The lowest BCUT2D eigenvalue weighted by molar-refractivity contribution is 0.0956. The fourth-order valence-corrected chi connectivity index (χ4v) is 2.10. The maximum Gasteiger partial charge on any atom is 0.255 e. The Labute approximate surface area is 141 Å². The molecule has 2 N–H and O–H groups in total. The SMILES string of the molecule is C=CCOc1ccc(C(=O)Nc2ccccc2C(=O)NCC)cc1. The van der Waals surface area contributed by atoms with Crippen LogP contribution in [0.5, 0.6) is 5.75 Å². The molecule has 0 atom stereocenters. The van der Waals surface area contributed by atoms with Crippen LogP contribution in [-0.2, 0) is 0 Å². The predicted molar refractivity (Wildman–Crippen MR) is 94.5 cm³/mol. The fraction of sp³-hybridized carbons (Fsp3) is 0.158. The van der Waals surface area contributed by atoms with E-state index in [9.17, 15) is 9.59 Å². The highest BCUT2D eigenvalue weighted by molar-refractivity contribution is 6.09. The second kappa shape index (κ2) is 8.53. The van der Waals surface area contributed by atoms with Crippen LogP contribution in [0.25, 0.3) is 0 Å². The van der Waals surface area contributed by atoms with Gasteiger partial charge in [0.25, 0.3) is 11.8 Å². The summed E-state index contributed by atoms with van der Waals surface area (Å²) in [6.07, 6.45) is 1.65. The number of rotatable bonds is 7. The number of ether oxygens (including phenoxy) is 1. The van der Waals surface area contributed by atoms with Gasteiger partial charge in [-0.1, -0.05) is 24.8 Å². The van der Waals surface area contributed by atoms with E-state index in [2.05, 4.69) is 17.2 Å². The van der Waals surface area contributed by atoms with Crippen LogP contribution in [0.2, 0.25) is 0 Å². The molecular weight excluding hydrogens is 304 g/mol. The summed E-state index contributed by atoms with van der Waals surface area (Å²) in [6, 6.07) is 13.7. The Kier molecular flexibility index (Phi) is 6.14. The monoisotopic (exact) mass is 324 g/mol. The van der Waals surface area contributed by atoms with Crippen molar-refractivity contribution >= 4 is 17.5 Å². The van der Waals surface area contributed by atoms with Gasteiger partial charge in [0, 0.05) is 12.1 Å². The molecule has 124 valence electrons. The van der Waals surface area contributed by atoms with Gasteiger partial charge in [-0.2, -0.15) is 0 Å². The molecule has 2 amide bonds. The molecule has 0 saturated carbocycles. The van der Waals surface area contributed by atoms with Crippen LogP contribution in [0.4, 0.5) is 5.69 Å². The van der Waals surface area contributed by atoms with Crippen LogP contribution >= 0.6 is 0 Å². The molecule has 0 radical (unpaired) electrons. The van der Waals surface area contributed by atoms with Crippen LogP contribution in [0.15, 0.2) is 61.2 Å². The Morgan fingerprint density at radius 2 is 1.79 bits per heavy atom.